The zero-order chi connectivity index (χ0) is 14.5. The first-order valence-electron chi connectivity index (χ1n) is 5.94. The van der Waals surface area contributed by atoms with E-state index in [1.54, 1.807) is 31.3 Å². The summed E-state index contributed by atoms with van der Waals surface area (Å²) < 4.78 is 0. The fourth-order valence-electron chi connectivity index (χ4n) is 1.84. The van der Waals surface area contributed by atoms with E-state index in [2.05, 4.69) is 10.3 Å². The van der Waals surface area contributed by atoms with Gasteiger partial charge in [0.15, 0.2) is 0 Å². The Balaban J connectivity index is 2.17. The number of rotatable bonds is 4. The number of pyridine rings is 1. The quantitative estimate of drug-likeness (QED) is 0.680. The number of nitrogens with one attached hydrogen (secondary N) is 1. The third-order valence-electron chi connectivity index (χ3n) is 2.96. The fraction of sp³-hybridized carbons (Fsp3) is 0.143. The number of nitriles is 1. The van der Waals surface area contributed by atoms with Crippen molar-refractivity contribution < 1.29 is 4.92 Å². The van der Waals surface area contributed by atoms with Crippen LogP contribution >= 0.6 is 0 Å². The Morgan fingerprint density at radius 2 is 2.25 bits per heavy atom. The Morgan fingerprint density at radius 1 is 1.45 bits per heavy atom. The van der Waals surface area contributed by atoms with Crippen molar-refractivity contribution in [2.45, 2.75) is 13.5 Å². The van der Waals surface area contributed by atoms with Crippen LogP contribution in [-0.4, -0.2) is 9.91 Å². The number of anilines is 1. The second kappa shape index (κ2) is 5.80. The van der Waals surface area contributed by atoms with Gasteiger partial charge >= 0.3 is 0 Å². The molecule has 0 fully saturated rings. The van der Waals surface area contributed by atoms with Crippen molar-refractivity contribution in [3.63, 3.8) is 0 Å². The molecule has 0 aliphatic carbocycles. The highest BCUT2D eigenvalue weighted by Crippen LogP contribution is 2.21. The van der Waals surface area contributed by atoms with Crippen LogP contribution in [-0.2, 0) is 6.54 Å². The molecule has 1 aromatic heterocycles. The molecule has 1 heterocycles. The van der Waals surface area contributed by atoms with Gasteiger partial charge in [-0.1, -0.05) is 12.1 Å². The number of hydrogen-bond donors (Lipinski definition) is 1. The molecule has 6 nitrogen and oxygen atoms in total. The van der Waals surface area contributed by atoms with Gasteiger partial charge in [-0.3, -0.25) is 10.1 Å². The predicted molar refractivity (Wildman–Crippen MR) is 74.1 cm³/mol. The summed E-state index contributed by atoms with van der Waals surface area (Å²) in [6.07, 6.45) is 1.54. The highest BCUT2D eigenvalue weighted by atomic mass is 16.6. The number of nitro groups is 1. The van der Waals surface area contributed by atoms with Crippen LogP contribution in [0.1, 0.15) is 16.7 Å². The van der Waals surface area contributed by atoms with Crippen LogP contribution in [0.15, 0.2) is 36.5 Å². The van der Waals surface area contributed by atoms with E-state index in [0.29, 0.717) is 23.5 Å². The minimum atomic E-state index is -0.395. The lowest BCUT2D eigenvalue weighted by molar-refractivity contribution is -0.385. The third kappa shape index (κ3) is 2.90. The van der Waals surface area contributed by atoms with Gasteiger partial charge in [0.2, 0.25) is 0 Å². The molecule has 100 valence electrons. The van der Waals surface area contributed by atoms with Crippen LogP contribution in [0.5, 0.6) is 0 Å². The van der Waals surface area contributed by atoms with Gasteiger partial charge in [-0.2, -0.15) is 5.26 Å². The lowest BCUT2D eigenvalue weighted by Gasteiger charge is -2.08. The molecule has 0 saturated carbocycles. The Hall–Kier alpha value is -2.94. The summed E-state index contributed by atoms with van der Waals surface area (Å²) in [5.41, 5.74) is 2.06. The molecule has 20 heavy (non-hydrogen) atoms. The lowest BCUT2D eigenvalue weighted by atomic mass is 10.1. The summed E-state index contributed by atoms with van der Waals surface area (Å²) in [6, 6.07) is 10.2. The van der Waals surface area contributed by atoms with Crippen LogP contribution < -0.4 is 5.32 Å². The summed E-state index contributed by atoms with van der Waals surface area (Å²) >= 11 is 0. The van der Waals surface area contributed by atoms with Crippen LogP contribution in [0.3, 0.4) is 0 Å². The zero-order valence-corrected chi connectivity index (χ0v) is 10.8. The van der Waals surface area contributed by atoms with Gasteiger partial charge in [0.1, 0.15) is 5.82 Å². The Morgan fingerprint density at radius 3 is 2.95 bits per heavy atom. The minimum absolute atomic E-state index is 0.100. The topological polar surface area (TPSA) is 91.8 Å². The van der Waals surface area contributed by atoms with E-state index >= 15 is 0 Å². The van der Waals surface area contributed by atoms with Crippen molar-refractivity contribution in [2.75, 3.05) is 5.32 Å². The van der Waals surface area contributed by atoms with Crippen molar-refractivity contribution in [3.8, 4) is 6.07 Å². The lowest BCUT2D eigenvalue weighted by Crippen LogP contribution is -2.04. The first-order valence-corrected chi connectivity index (χ1v) is 5.94. The van der Waals surface area contributed by atoms with E-state index in [-0.39, 0.29) is 5.69 Å². The molecule has 0 saturated heterocycles. The predicted octanol–water partition coefficient (Wildman–Crippen LogP) is 2.78. The molecular formula is C14H12N4O2. The van der Waals surface area contributed by atoms with Crippen molar-refractivity contribution in [2.24, 2.45) is 0 Å². The van der Waals surface area contributed by atoms with Gasteiger partial charge in [-0.05, 0) is 24.6 Å². The van der Waals surface area contributed by atoms with Gasteiger partial charge in [0.05, 0.1) is 16.6 Å². The molecule has 0 atom stereocenters. The van der Waals surface area contributed by atoms with Gasteiger partial charge in [-0.25, -0.2) is 4.98 Å². The normalized spacial score (nSPS) is 9.80. The fourth-order valence-corrected chi connectivity index (χ4v) is 1.84. The largest absolute Gasteiger partial charge is 0.366 e. The highest BCUT2D eigenvalue weighted by Gasteiger charge is 2.12. The molecule has 1 N–H and O–H groups in total. The Kier molecular flexibility index (Phi) is 3.91. The molecule has 0 spiro atoms. The summed E-state index contributed by atoms with van der Waals surface area (Å²) in [7, 11) is 0. The van der Waals surface area contributed by atoms with Crippen LogP contribution in [0.2, 0.25) is 0 Å². The minimum Gasteiger partial charge on any atom is -0.366 e. The van der Waals surface area contributed by atoms with E-state index in [1.807, 2.05) is 12.1 Å². The van der Waals surface area contributed by atoms with Crippen molar-refractivity contribution in [1.29, 1.82) is 5.26 Å². The van der Waals surface area contributed by atoms with Crippen LogP contribution in [0.4, 0.5) is 11.5 Å². The van der Waals surface area contributed by atoms with Gasteiger partial charge in [-0.15, -0.1) is 0 Å². The maximum Gasteiger partial charge on any atom is 0.272 e. The number of nitro benzene ring substituents is 1. The van der Waals surface area contributed by atoms with Crippen molar-refractivity contribution >= 4 is 11.5 Å². The molecule has 2 rings (SSSR count). The second-order valence-corrected chi connectivity index (χ2v) is 4.21. The summed E-state index contributed by atoms with van der Waals surface area (Å²) in [4.78, 5) is 14.6. The summed E-state index contributed by atoms with van der Waals surface area (Å²) in [6.45, 7) is 2.13. The number of hydrogen-bond acceptors (Lipinski definition) is 5. The first-order chi connectivity index (χ1) is 9.61. The number of nitrogens with zero attached hydrogens (tertiary/aromatic N) is 3. The van der Waals surface area contributed by atoms with E-state index < -0.39 is 4.92 Å². The van der Waals surface area contributed by atoms with Crippen LogP contribution in [0, 0.1) is 28.4 Å². The smallest absolute Gasteiger partial charge is 0.272 e. The molecule has 0 unspecified atom stereocenters. The van der Waals surface area contributed by atoms with Crippen LogP contribution in [0.25, 0.3) is 0 Å². The summed E-state index contributed by atoms with van der Waals surface area (Å²) in [5, 5.41) is 22.7. The maximum absolute atomic E-state index is 10.9. The molecule has 0 amide bonds. The SMILES string of the molecule is Cc1c(CNc2cc(C#N)ccn2)cccc1[N+](=O)[O-]. The van der Waals surface area contributed by atoms with Gasteiger partial charge < -0.3 is 5.32 Å². The molecule has 0 radical (unpaired) electrons. The number of aromatic nitrogens is 1. The van der Waals surface area contributed by atoms with E-state index in [4.69, 9.17) is 5.26 Å². The molecule has 0 aliphatic heterocycles. The molecule has 6 heteroatoms. The first kappa shape index (κ1) is 13.5. The molecule has 0 bridgehead atoms. The molecular weight excluding hydrogens is 256 g/mol. The standard InChI is InChI=1S/C14H12N4O2/c1-10-12(3-2-4-13(10)18(19)20)9-17-14-7-11(8-15)5-6-16-14/h2-7H,9H2,1H3,(H,16,17). The van der Waals surface area contributed by atoms with E-state index in [0.717, 1.165) is 5.56 Å². The molecule has 2 aromatic rings. The van der Waals surface area contributed by atoms with Gasteiger partial charge in [0, 0.05) is 24.4 Å². The Bertz CT molecular complexity index is 692. The molecule has 1 aromatic carbocycles. The average Bonchev–Trinajstić information content (AvgIpc) is 2.46. The Labute approximate surface area is 115 Å². The monoisotopic (exact) mass is 268 g/mol. The maximum atomic E-state index is 10.9. The zero-order valence-electron chi connectivity index (χ0n) is 10.8. The molecule has 0 aliphatic rings. The van der Waals surface area contributed by atoms with Gasteiger partial charge in [0.25, 0.3) is 5.69 Å². The second-order valence-electron chi connectivity index (χ2n) is 4.21. The van der Waals surface area contributed by atoms with E-state index in [1.165, 1.54) is 6.07 Å². The summed E-state index contributed by atoms with van der Waals surface area (Å²) in [5.74, 6) is 0.565. The van der Waals surface area contributed by atoms with E-state index in [9.17, 15) is 10.1 Å². The van der Waals surface area contributed by atoms with Crippen molar-refractivity contribution in [3.05, 3.63) is 63.3 Å². The van der Waals surface area contributed by atoms with Crippen molar-refractivity contribution in [1.82, 2.24) is 4.98 Å². The third-order valence-corrected chi connectivity index (χ3v) is 2.96. The number of benzene rings is 1. The highest BCUT2D eigenvalue weighted by molar-refractivity contribution is 5.47. The average molecular weight is 268 g/mol.